The summed E-state index contributed by atoms with van der Waals surface area (Å²) >= 11 is 0. The van der Waals surface area contributed by atoms with Gasteiger partial charge in [0.05, 0.1) is 0 Å². The van der Waals surface area contributed by atoms with Crippen LogP contribution >= 0.6 is 0 Å². The van der Waals surface area contributed by atoms with Crippen LogP contribution in [0.4, 0.5) is 0 Å². The Morgan fingerprint density at radius 1 is 1.15 bits per heavy atom. The van der Waals surface area contributed by atoms with Gasteiger partial charge < -0.3 is 5.73 Å². The molecule has 112 valence electrons. The number of rotatable bonds is 6. The lowest BCUT2D eigenvalue weighted by Gasteiger charge is -2.15. The van der Waals surface area contributed by atoms with Crippen molar-refractivity contribution >= 4 is 10.8 Å². The summed E-state index contributed by atoms with van der Waals surface area (Å²) in [4.78, 5) is 0. The van der Waals surface area contributed by atoms with E-state index in [1.165, 1.54) is 31.2 Å². The molecule has 0 aromatic heterocycles. The van der Waals surface area contributed by atoms with Crippen LogP contribution in [0.2, 0.25) is 0 Å². The number of benzene rings is 1. The number of hydrogen-bond acceptors (Lipinski definition) is 2. The highest BCUT2D eigenvalue weighted by atomic mass is 32.2. The summed E-state index contributed by atoms with van der Waals surface area (Å²) in [6.45, 7) is 4.37. The van der Waals surface area contributed by atoms with Gasteiger partial charge in [0.2, 0.25) is 0 Å². The molecule has 1 aliphatic carbocycles. The number of hydrogen-bond donors (Lipinski definition) is 1. The lowest BCUT2D eigenvalue weighted by Crippen LogP contribution is -2.21. The van der Waals surface area contributed by atoms with Crippen molar-refractivity contribution in [2.24, 2.45) is 11.7 Å². The molecule has 0 radical (unpaired) electrons. The van der Waals surface area contributed by atoms with Crippen LogP contribution in [-0.2, 0) is 10.8 Å². The van der Waals surface area contributed by atoms with E-state index in [1.54, 1.807) is 0 Å². The summed E-state index contributed by atoms with van der Waals surface area (Å²) in [5.74, 6) is 2.65. The van der Waals surface area contributed by atoms with Gasteiger partial charge in [-0.15, -0.1) is 0 Å². The first-order chi connectivity index (χ1) is 9.56. The minimum Gasteiger partial charge on any atom is -0.323 e. The molecular weight excluding hydrogens is 266 g/mol. The van der Waals surface area contributed by atoms with Gasteiger partial charge in [-0.2, -0.15) is 0 Å². The van der Waals surface area contributed by atoms with Crippen LogP contribution in [0.25, 0.3) is 0 Å². The topological polar surface area (TPSA) is 43.1 Å². The van der Waals surface area contributed by atoms with Gasteiger partial charge in [0.25, 0.3) is 0 Å². The van der Waals surface area contributed by atoms with Crippen LogP contribution in [0.5, 0.6) is 0 Å². The molecule has 3 heteroatoms. The summed E-state index contributed by atoms with van der Waals surface area (Å²) in [5.41, 5.74) is 8.64. The first-order valence-corrected chi connectivity index (χ1v) is 9.25. The summed E-state index contributed by atoms with van der Waals surface area (Å²) in [7, 11) is -0.780. The third-order valence-corrected chi connectivity index (χ3v) is 5.87. The molecule has 0 spiro atoms. The van der Waals surface area contributed by atoms with E-state index >= 15 is 0 Å². The van der Waals surface area contributed by atoms with Crippen molar-refractivity contribution < 1.29 is 4.21 Å². The van der Waals surface area contributed by atoms with Crippen LogP contribution in [0.1, 0.15) is 62.6 Å². The monoisotopic (exact) mass is 293 g/mol. The maximum atomic E-state index is 12.2. The van der Waals surface area contributed by atoms with Gasteiger partial charge in [0.1, 0.15) is 0 Å². The van der Waals surface area contributed by atoms with Gasteiger partial charge in [-0.25, -0.2) is 0 Å². The molecule has 2 N–H and O–H groups in total. The molecule has 2 atom stereocenters. The fraction of sp³-hybridized carbons (Fsp3) is 0.647. The molecule has 1 aromatic carbocycles. The molecule has 0 bridgehead atoms. The van der Waals surface area contributed by atoms with E-state index in [0.717, 1.165) is 11.3 Å². The van der Waals surface area contributed by atoms with E-state index in [9.17, 15) is 4.21 Å². The molecule has 0 saturated heterocycles. The smallest absolute Gasteiger partial charge is 0.0428 e. The normalized spacial score (nSPS) is 19.4. The van der Waals surface area contributed by atoms with Gasteiger partial charge in [0.15, 0.2) is 0 Å². The highest BCUT2D eigenvalue weighted by molar-refractivity contribution is 7.85. The minimum atomic E-state index is -0.780. The predicted molar refractivity (Wildman–Crippen MR) is 87.3 cm³/mol. The molecule has 1 fully saturated rings. The summed E-state index contributed by atoms with van der Waals surface area (Å²) in [6.07, 6.45) is 5.13. The number of nitrogens with two attached hydrogens (primary N) is 1. The molecule has 2 nitrogen and oxygen atoms in total. The molecule has 1 saturated carbocycles. The van der Waals surface area contributed by atoms with Crippen LogP contribution in [-0.4, -0.2) is 15.7 Å². The highest BCUT2D eigenvalue weighted by Gasteiger charge is 2.19. The van der Waals surface area contributed by atoms with Crippen molar-refractivity contribution in [3.05, 3.63) is 35.4 Å². The quantitative estimate of drug-likeness (QED) is 0.868. The SMILES string of the molecule is CC(C)c1ccc(C(N)CS(=O)CC2CCCC2)cc1. The molecule has 0 heterocycles. The lowest BCUT2D eigenvalue weighted by atomic mass is 10.00. The van der Waals surface area contributed by atoms with E-state index in [2.05, 4.69) is 38.1 Å². The Hall–Kier alpha value is -0.670. The van der Waals surface area contributed by atoms with Gasteiger partial charge in [-0.1, -0.05) is 51.0 Å². The van der Waals surface area contributed by atoms with Crippen LogP contribution in [0.3, 0.4) is 0 Å². The summed E-state index contributed by atoms with van der Waals surface area (Å²) < 4.78 is 12.2. The van der Waals surface area contributed by atoms with Gasteiger partial charge in [-0.05, 0) is 35.8 Å². The van der Waals surface area contributed by atoms with Crippen LogP contribution in [0, 0.1) is 5.92 Å². The Morgan fingerprint density at radius 3 is 2.25 bits per heavy atom. The minimum absolute atomic E-state index is 0.0987. The third-order valence-electron chi connectivity index (χ3n) is 4.29. The second-order valence-corrected chi connectivity index (χ2v) is 7.90. The molecule has 2 unspecified atom stereocenters. The van der Waals surface area contributed by atoms with Crippen molar-refractivity contribution in [3.63, 3.8) is 0 Å². The van der Waals surface area contributed by atoms with E-state index in [0.29, 0.717) is 17.6 Å². The van der Waals surface area contributed by atoms with Crippen molar-refractivity contribution in [2.75, 3.05) is 11.5 Å². The van der Waals surface area contributed by atoms with Crippen LogP contribution in [0.15, 0.2) is 24.3 Å². The first kappa shape index (κ1) is 15.7. The van der Waals surface area contributed by atoms with E-state index in [1.807, 2.05) is 0 Å². The van der Waals surface area contributed by atoms with Gasteiger partial charge in [0, 0.05) is 28.3 Å². The van der Waals surface area contributed by atoms with Crippen molar-refractivity contribution in [1.29, 1.82) is 0 Å². The molecule has 1 aliphatic rings. The molecule has 2 rings (SSSR count). The zero-order chi connectivity index (χ0) is 14.5. The fourth-order valence-electron chi connectivity index (χ4n) is 2.93. The second kappa shape index (κ2) is 7.37. The van der Waals surface area contributed by atoms with Crippen molar-refractivity contribution in [3.8, 4) is 0 Å². The Morgan fingerprint density at radius 2 is 1.70 bits per heavy atom. The largest absolute Gasteiger partial charge is 0.323 e. The molecule has 20 heavy (non-hydrogen) atoms. The molecule has 1 aromatic rings. The van der Waals surface area contributed by atoms with Crippen molar-refractivity contribution in [1.82, 2.24) is 0 Å². The van der Waals surface area contributed by atoms with Gasteiger partial charge >= 0.3 is 0 Å². The maximum Gasteiger partial charge on any atom is 0.0428 e. The fourth-order valence-corrected chi connectivity index (χ4v) is 4.52. The maximum absolute atomic E-state index is 12.2. The molecule has 0 amide bonds. The van der Waals surface area contributed by atoms with Crippen molar-refractivity contribution in [2.45, 2.75) is 51.5 Å². The van der Waals surface area contributed by atoms with E-state index in [4.69, 9.17) is 5.73 Å². The molecular formula is C17H27NOS. The Kier molecular flexibility index (Phi) is 5.79. The third kappa shape index (κ3) is 4.42. The first-order valence-electron chi connectivity index (χ1n) is 7.76. The summed E-state index contributed by atoms with van der Waals surface area (Å²) in [6, 6.07) is 8.36. The zero-order valence-corrected chi connectivity index (χ0v) is 13.5. The predicted octanol–water partition coefficient (Wildman–Crippen LogP) is 3.75. The average molecular weight is 293 g/mol. The lowest BCUT2D eigenvalue weighted by molar-refractivity contribution is 0.602. The van der Waals surface area contributed by atoms with Crippen LogP contribution < -0.4 is 5.73 Å². The Bertz CT molecular complexity index is 435. The van der Waals surface area contributed by atoms with E-state index in [-0.39, 0.29) is 6.04 Å². The molecule has 0 aliphatic heterocycles. The standard InChI is InChI=1S/C17H27NOS/c1-13(2)15-7-9-16(10-8-15)17(18)12-20(19)11-14-5-3-4-6-14/h7-10,13-14,17H,3-6,11-12,18H2,1-2H3. The summed E-state index contributed by atoms with van der Waals surface area (Å²) in [5, 5.41) is 0. The average Bonchev–Trinajstić information content (AvgIpc) is 2.91. The zero-order valence-electron chi connectivity index (χ0n) is 12.7. The highest BCUT2D eigenvalue weighted by Crippen LogP contribution is 2.26. The Labute approximate surface area is 125 Å². The van der Waals surface area contributed by atoms with E-state index < -0.39 is 10.8 Å². The Balaban J connectivity index is 1.86. The van der Waals surface area contributed by atoms with Gasteiger partial charge in [-0.3, -0.25) is 4.21 Å². The second-order valence-electron chi connectivity index (χ2n) is 6.35.